The number of rotatable bonds is 6. The van der Waals surface area contributed by atoms with Crippen LogP contribution in [0.2, 0.25) is 0 Å². The maximum atomic E-state index is 11.3. The monoisotopic (exact) mass is 230 g/mol. The lowest BCUT2D eigenvalue weighted by molar-refractivity contribution is -0.128. The third-order valence-corrected chi connectivity index (χ3v) is 2.16. The van der Waals surface area contributed by atoms with Gasteiger partial charge in [-0.3, -0.25) is 4.79 Å². The van der Waals surface area contributed by atoms with Crippen molar-refractivity contribution in [2.75, 3.05) is 47.3 Å². The SMILES string of the molecule is CCN(C)C(=O)CNCCNC(=O)N(C)C. The van der Waals surface area contributed by atoms with Crippen molar-refractivity contribution in [3.63, 3.8) is 0 Å². The number of nitrogens with zero attached hydrogens (tertiary/aromatic N) is 2. The van der Waals surface area contributed by atoms with Crippen LogP contribution in [0, 0.1) is 0 Å². The van der Waals surface area contributed by atoms with E-state index in [1.54, 1.807) is 26.0 Å². The molecule has 0 saturated carbocycles. The molecule has 3 amide bonds. The first-order valence-corrected chi connectivity index (χ1v) is 5.38. The van der Waals surface area contributed by atoms with Gasteiger partial charge in [-0.05, 0) is 6.92 Å². The highest BCUT2D eigenvalue weighted by atomic mass is 16.2. The Morgan fingerprint density at radius 1 is 1.12 bits per heavy atom. The summed E-state index contributed by atoms with van der Waals surface area (Å²) in [5.74, 6) is 0.0569. The Kier molecular flexibility index (Phi) is 7.28. The van der Waals surface area contributed by atoms with E-state index in [-0.39, 0.29) is 11.9 Å². The molecule has 0 heterocycles. The molecule has 0 spiro atoms. The molecule has 0 bridgehead atoms. The summed E-state index contributed by atoms with van der Waals surface area (Å²) in [6.45, 7) is 4.04. The molecule has 0 aliphatic heterocycles. The number of likely N-dealkylation sites (N-methyl/N-ethyl adjacent to an activating group) is 1. The van der Waals surface area contributed by atoms with Crippen LogP contribution in [0.15, 0.2) is 0 Å². The van der Waals surface area contributed by atoms with E-state index in [4.69, 9.17) is 0 Å². The van der Waals surface area contributed by atoms with Gasteiger partial charge in [-0.2, -0.15) is 0 Å². The summed E-state index contributed by atoms with van der Waals surface area (Å²) in [5.41, 5.74) is 0. The second kappa shape index (κ2) is 7.92. The molecule has 6 heteroatoms. The van der Waals surface area contributed by atoms with E-state index in [0.717, 1.165) is 0 Å². The van der Waals surface area contributed by atoms with Crippen LogP contribution in [0.4, 0.5) is 4.79 Å². The van der Waals surface area contributed by atoms with Crippen LogP contribution < -0.4 is 10.6 Å². The predicted molar refractivity (Wildman–Crippen MR) is 63.3 cm³/mol. The van der Waals surface area contributed by atoms with Crippen LogP contribution in [-0.4, -0.2) is 69.1 Å². The highest BCUT2D eigenvalue weighted by Crippen LogP contribution is 1.81. The number of nitrogens with one attached hydrogen (secondary N) is 2. The smallest absolute Gasteiger partial charge is 0.316 e. The molecule has 0 radical (unpaired) electrons. The topological polar surface area (TPSA) is 64.7 Å². The van der Waals surface area contributed by atoms with Crippen molar-refractivity contribution in [2.45, 2.75) is 6.92 Å². The molecule has 6 nitrogen and oxygen atoms in total. The van der Waals surface area contributed by atoms with Gasteiger partial charge in [-0.15, -0.1) is 0 Å². The van der Waals surface area contributed by atoms with Gasteiger partial charge >= 0.3 is 6.03 Å². The molecule has 0 unspecified atom stereocenters. The summed E-state index contributed by atoms with van der Waals surface area (Å²) in [6, 6.07) is -0.126. The number of urea groups is 1. The Labute approximate surface area is 97.0 Å². The van der Waals surface area contributed by atoms with Crippen molar-refractivity contribution in [2.24, 2.45) is 0 Å². The van der Waals surface area contributed by atoms with Crippen molar-refractivity contribution in [1.82, 2.24) is 20.4 Å². The van der Waals surface area contributed by atoms with Gasteiger partial charge in [0.2, 0.25) is 5.91 Å². The van der Waals surface area contributed by atoms with E-state index in [2.05, 4.69) is 10.6 Å². The molecule has 94 valence electrons. The van der Waals surface area contributed by atoms with Crippen molar-refractivity contribution >= 4 is 11.9 Å². The van der Waals surface area contributed by atoms with Crippen LogP contribution in [0.3, 0.4) is 0 Å². The lowest BCUT2D eigenvalue weighted by Gasteiger charge is -2.15. The molecule has 0 aliphatic carbocycles. The van der Waals surface area contributed by atoms with Crippen molar-refractivity contribution in [3.8, 4) is 0 Å². The highest BCUT2D eigenvalue weighted by molar-refractivity contribution is 5.77. The second-order valence-electron chi connectivity index (χ2n) is 3.71. The molecule has 0 saturated heterocycles. The molecule has 0 aromatic carbocycles. The maximum absolute atomic E-state index is 11.3. The van der Waals surface area contributed by atoms with Gasteiger partial charge in [0.05, 0.1) is 6.54 Å². The fourth-order valence-corrected chi connectivity index (χ4v) is 0.923. The van der Waals surface area contributed by atoms with E-state index in [9.17, 15) is 9.59 Å². The molecule has 0 fully saturated rings. The number of hydrogen-bond acceptors (Lipinski definition) is 3. The van der Waals surface area contributed by atoms with Crippen LogP contribution >= 0.6 is 0 Å². The van der Waals surface area contributed by atoms with Crippen LogP contribution in [0.25, 0.3) is 0 Å². The normalized spacial score (nSPS) is 9.75. The molecule has 0 aliphatic rings. The minimum absolute atomic E-state index is 0.0569. The van der Waals surface area contributed by atoms with Gasteiger partial charge in [-0.25, -0.2) is 4.79 Å². The third-order valence-electron chi connectivity index (χ3n) is 2.16. The fourth-order valence-electron chi connectivity index (χ4n) is 0.923. The molecule has 0 aromatic heterocycles. The van der Waals surface area contributed by atoms with Crippen molar-refractivity contribution < 1.29 is 9.59 Å². The van der Waals surface area contributed by atoms with Crippen molar-refractivity contribution in [3.05, 3.63) is 0 Å². The summed E-state index contributed by atoms with van der Waals surface area (Å²) in [7, 11) is 5.13. The Morgan fingerprint density at radius 2 is 1.75 bits per heavy atom. The third kappa shape index (κ3) is 6.23. The van der Waals surface area contributed by atoms with Gasteiger partial charge in [0, 0.05) is 40.8 Å². The fraction of sp³-hybridized carbons (Fsp3) is 0.800. The minimum Gasteiger partial charge on any atom is -0.345 e. The van der Waals surface area contributed by atoms with Crippen LogP contribution in [0.1, 0.15) is 6.92 Å². The van der Waals surface area contributed by atoms with E-state index >= 15 is 0 Å². The quantitative estimate of drug-likeness (QED) is 0.595. The zero-order chi connectivity index (χ0) is 12.6. The zero-order valence-electron chi connectivity index (χ0n) is 10.5. The van der Waals surface area contributed by atoms with Crippen LogP contribution in [-0.2, 0) is 4.79 Å². The Balaban J connectivity index is 3.47. The minimum atomic E-state index is -0.126. The standard InChI is InChI=1S/C10H22N4O2/c1-5-14(4)9(15)8-11-6-7-12-10(16)13(2)3/h11H,5-8H2,1-4H3,(H,12,16). The van der Waals surface area contributed by atoms with Gasteiger partial charge in [0.15, 0.2) is 0 Å². The van der Waals surface area contributed by atoms with Gasteiger partial charge in [0.1, 0.15) is 0 Å². The maximum Gasteiger partial charge on any atom is 0.316 e. The number of carbonyl (C=O) groups is 2. The molecular weight excluding hydrogens is 208 g/mol. The Bertz CT molecular complexity index is 231. The van der Waals surface area contributed by atoms with Gasteiger partial charge in [0.25, 0.3) is 0 Å². The number of carbonyl (C=O) groups excluding carboxylic acids is 2. The van der Waals surface area contributed by atoms with E-state index in [0.29, 0.717) is 26.2 Å². The molecule has 0 atom stereocenters. The zero-order valence-corrected chi connectivity index (χ0v) is 10.5. The first kappa shape index (κ1) is 14.7. The number of amides is 3. The van der Waals surface area contributed by atoms with E-state index in [1.165, 1.54) is 4.90 Å². The first-order chi connectivity index (χ1) is 7.49. The largest absolute Gasteiger partial charge is 0.345 e. The summed E-state index contributed by atoms with van der Waals surface area (Å²) in [6.07, 6.45) is 0. The van der Waals surface area contributed by atoms with Crippen molar-refractivity contribution in [1.29, 1.82) is 0 Å². The van der Waals surface area contributed by atoms with Gasteiger partial charge < -0.3 is 20.4 Å². The lowest BCUT2D eigenvalue weighted by Crippen LogP contribution is -2.41. The van der Waals surface area contributed by atoms with Gasteiger partial charge in [-0.1, -0.05) is 0 Å². The Morgan fingerprint density at radius 3 is 2.25 bits per heavy atom. The van der Waals surface area contributed by atoms with E-state index in [1.807, 2.05) is 6.92 Å². The van der Waals surface area contributed by atoms with E-state index < -0.39 is 0 Å². The highest BCUT2D eigenvalue weighted by Gasteiger charge is 2.05. The summed E-state index contributed by atoms with van der Waals surface area (Å²) >= 11 is 0. The number of hydrogen-bond donors (Lipinski definition) is 2. The lowest BCUT2D eigenvalue weighted by atomic mass is 10.5. The van der Waals surface area contributed by atoms with Crippen LogP contribution in [0.5, 0.6) is 0 Å². The summed E-state index contributed by atoms with van der Waals surface area (Å²) in [5, 5.41) is 5.67. The average Bonchev–Trinajstić information content (AvgIpc) is 2.26. The first-order valence-electron chi connectivity index (χ1n) is 5.38. The molecule has 16 heavy (non-hydrogen) atoms. The summed E-state index contributed by atoms with van der Waals surface area (Å²) < 4.78 is 0. The molecule has 2 N–H and O–H groups in total. The summed E-state index contributed by atoms with van der Waals surface area (Å²) in [4.78, 5) is 25.6. The molecule has 0 aromatic rings. The Hall–Kier alpha value is -1.30. The second-order valence-corrected chi connectivity index (χ2v) is 3.71. The average molecular weight is 230 g/mol. The molecular formula is C10H22N4O2. The predicted octanol–water partition coefficient (Wildman–Crippen LogP) is -0.674. The molecule has 0 rings (SSSR count).